The number of anilines is 2. The smallest absolute Gasteiger partial charge is 0.268 e. The number of nitrogens with one attached hydrogen (secondary N) is 1. The number of hydrogen-bond donors (Lipinski definition) is 2. The van der Waals surface area contributed by atoms with Gasteiger partial charge in [0.1, 0.15) is 12.4 Å². The molecule has 0 bridgehead atoms. The number of aliphatic hydroxyl groups is 1. The Morgan fingerprint density at radius 1 is 1.03 bits per heavy atom. The number of fused-ring (bicyclic) bond motifs is 1. The zero-order valence-corrected chi connectivity index (χ0v) is 16.6. The van der Waals surface area contributed by atoms with E-state index in [1.165, 1.54) is 23.1 Å². The van der Waals surface area contributed by atoms with Gasteiger partial charge in [-0.3, -0.25) is 14.5 Å². The Bertz CT molecular complexity index is 1140. The van der Waals surface area contributed by atoms with Crippen LogP contribution in [0.3, 0.4) is 0 Å². The van der Waals surface area contributed by atoms with E-state index in [0.717, 1.165) is 17.2 Å². The number of benzene rings is 3. The lowest BCUT2D eigenvalue weighted by molar-refractivity contribution is -0.133. The summed E-state index contributed by atoms with van der Waals surface area (Å²) in [5.41, 5.74) is 1.32. The Labute approximate surface area is 173 Å². The van der Waals surface area contributed by atoms with Crippen molar-refractivity contribution in [3.05, 3.63) is 94.8 Å². The summed E-state index contributed by atoms with van der Waals surface area (Å²) in [6.45, 7) is 3.50. The Kier molecular flexibility index (Phi) is 4.87. The maximum Gasteiger partial charge on any atom is 0.268 e. The van der Waals surface area contributed by atoms with E-state index < -0.39 is 17.3 Å². The quantitative estimate of drug-likeness (QED) is 0.697. The van der Waals surface area contributed by atoms with Gasteiger partial charge in [-0.05, 0) is 43.2 Å². The summed E-state index contributed by atoms with van der Waals surface area (Å²) in [7, 11) is 0. The maximum absolute atomic E-state index is 13.8. The van der Waals surface area contributed by atoms with Gasteiger partial charge in [0.25, 0.3) is 5.91 Å². The molecule has 0 saturated heterocycles. The lowest BCUT2D eigenvalue weighted by atomic mass is 9.87. The number of rotatable bonds is 4. The van der Waals surface area contributed by atoms with E-state index in [2.05, 4.69) is 5.32 Å². The highest BCUT2D eigenvalue weighted by molar-refractivity contribution is 6.12. The van der Waals surface area contributed by atoms with Crippen molar-refractivity contribution in [2.75, 3.05) is 16.8 Å². The molecule has 0 spiro atoms. The average molecular weight is 404 g/mol. The summed E-state index contributed by atoms with van der Waals surface area (Å²) in [5.74, 6) is -1.64. The zero-order valence-electron chi connectivity index (χ0n) is 16.6. The highest BCUT2D eigenvalue weighted by Crippen LogP contribution is 2.44. The molecule has 1 aliphatic rings. The zero-order chi connectivity index (χ0) is 21.5. The Hall–Kier alpha value is -3.51. The summed E-state index contributed by atoms with van der Waals surface area (Å²) in [4.78, 5) is 27.3. The SMILES string of the molecule is Cc1cccc(C)c1NC(=O)CN1C(=O)[C@@](O)(c2cccc(F)c2)c2ccccc21. The lowest BCUT2D eigenvalue weighted by Crippen LogP contribution is -2.44. The molecule has 0 aromatic heterocycles. The van der Waals surface area contributed by atoms with Gasteiger partial charge in [-0.2, -0.15) is 0 Å². The standard InChI is InChI=1S/C24H21FN2O3/c1-15-7-5-8-16(2)22(15)26-21(28)14-27-20-12-4-3-11-19(20)24(30,23(27)29)17-9-6-10-18(25)13-17/h3-13,30H,14H2,1-2H3,(H,26,28)/t24-/m1/s1. The first kappa shape index (κ1) is 19.8. The Balaban J connectivity index is 1.68. The van der Waals surface area contributed by atoms with Gasteiger partial charge in [-0.25, -0.2) is 4.39 Å². The first-order valence-electron chi connectivity index (χ1n) is 9.58. The van der Waals surface area contributed by atoms with Gasteiger partial charge in [0.15, 0.2) is 5.60 Å². The third-order valence-electron chi connectivity index (χ3n) is 5.43. The predicted octanol–water partition coefficient (Wildman–Crippen LogP) is 3.66. The molecule has 0 saturated carbocycles. The third kappa shape index (κ3) is 3.15. The van der Waals surface area contributed by atoms with Gasteiger partial charge in [0, 0.05) is 16.8 Å². The monoisotopic (exact) mass is 404 g/mol. The van der Waals surface area contributed by atoms with Crippen molar-refractivity contribution in [3.63, 3.8) is 0 Å². The fourth-order valence-corrected chi connectivity index (χ4v) is 3.92. The molecule has 0 fully saturated rings. The van der Waals surface area contributed by atoms with E-state index in [9.17, 15) is 19.1 Å². The van der Waals surface area contributed by atoms with Crippen LogP contribution in [0.5, 0.6) is 0 Å². The van der Waals surface area contributed by atoms with Crippen molar-refractivity contribution < 1.29 is 19.1 Å². The molecule has 3 aromatic rings. The van der Waals surface area contributed by atoms with Gasteiger partial charge >= 0.3 is 0 Å². The summed E-state index contributed by atoms with van der Waals surface area (Å²) >= 11 is 0. The number of nitrogens with zero attached hydrogens (tertiary/aromatic N) is 1. The van der Waals surface area contributed by atoms with E-state index in [1.54, 1.807) is 24.3 Å². The Morgan fingerprint density at radius 3 is 2.40 bits per heavy atom. The molecule has 1 heterocycles. The van der Waals surface area contributed by atoms with Gasteiger partial charge < -0.3 is 10.4 Å². The van der Waals surface area contributed by atoms with Crippen LogP contribution >= 0.6 is 0 Å². The van der Waals surface area contributed by atoms with Crippen molar-refractivity contribution >= 4 is 23.2 Å². The fourth-order valence-electron chi connectivity index (χ4n) is 3.92. The molecule has 2 N–H and O–H groups in total. The number of aryl methyl sites for hydroxylation is 2. The minimum Gasteiger partial charge on any atom is -0.372 e. The first-order valence-corrected chi connectivity index (χ1v) is 9.58. The van der Waals surface area contributed by atoms with Gasteiger partial charge in [-0.15, -0.1) is 0 Å². The van der Waals surface area contributed by atoms with Crippen molar-refractivity contribution in [1.82, 2.24) is 0 Å². The van der Waals surface area contributed by atoms with Crippen LogP contribution in [-0.2, 0) is 15.2 Å². The molecule has 152 valence electrons. The highest BCUT2D eigenvalue weighted by atomic mass is 19.1. The largest absolute Gasteiger partial charge is 0.372 e. The molecule has 0 unspecified atom stereocenters. The van der Waals surface area contributed by atoms with Crippen LogP contribution in [0.25, 0.3) is 0 Å². The first-order chi connectivity index (χ1) is 14.3. The number of halogens is 1. The molecular weight excluding hydrogens is 383 g/mol. The summed E-state index contributed by atoms with van der Waals surface area (Å²) in [5, 5.41) is 14.2. The number of para-hydroxylation sites is 2. The van der Waals surface area contributed by atoms with Crippen molar-refractivity contribution in [2.24, 2.45) is 0 Å². The summed E-state index contributed by atoms with van der Waals surface area (Å²) in [6, 6.07) is 17.7. The molecular formula is C24H21FN2O3. The molecule has 1 atom stereocenters. The summed E-state index contributed by atoms with van der Waals surface area (Å²) in [6.07, 6.45) is 0. The maximum atomic E-state index is 13.8. The van der Waals surface area contributed by atoms with Crippen LogP contribution in [0.15, 0.2) is 66.7 Å². The van der Waals surface area contributed by atoms with Gasteiger partial charge in [0.2, 0.25) is 5.91 Å². The lowest BCUT2D eigenvalue weighted by Gasteiger charge is -2.23. The molecule has 0 aliphatic carbocycles. The average Bonchev–Trinajstić information content (AvgIpc) is 2.94. The molecule has 4 rings (SSSR count). The Morgan fingerprint density at radius 2 is 1.70 bits per heavy atom. The van der Waals surface area contributed by atoms with Crippen molar-refractivity contribution in [3.8, 4) is 0 Å². The van der Waals surface area contributed by atoms with Gasteiger partial charge in [-0.1, -0.05) is 48.5 Å². The molecule has 6 heteroatoms. The van der Waals surface area contributed by atoms with Crippen LogP contribution in [0, 0.1) is 19.7 Å². The number of hydrogen-bond acceptors (Lipinski definition) is 3. The normalized spacial score (nSPS) is 17.7. The van der Waals surface area contributed by atoms with E-state index >= 15 is 0 Å². The molecule has 3 aromatic carbocycles. The summed E-state index contributed by atoms with van der Waals surface area (Å²) < 4.78 is 13.8. The fraction of sp³-hybridized carbons (Fsp3) is 0.167. The van der Waals surface area contributed by atoms with E-state index in [-0.39, 0.29) is 18.0 Å². The van der Waals surface area contributed by atoms with E-state index in [4.69, 9.17) is 0 Å². The number of amides is 2. The molecule has 30 heavy (non-hydrogen) atoms. The minimum atomic E-state index is -2.06. The highest BCUT2D eigenvalue weighted by Gasteiger charge is 2.51. The molecule has 0 radical (unpaired) electrons. The van der Waals surface area contributed by atoms with E-state index in [1.807, 2.05) is 32.0 Å². The van der Waals surface area contributed by atoms with Crippen LogP contribution < -0.4 is 10.2 Å². The second-order valence-electron chi connectivity index (χ2n) is 7.44. The topological polar surface area (TPSA) is 69.6 Å². The second-order valence-corrected chi connectivity index (χ2v) is 7.44. The van der Waals surface area contributed by atoms with E-state index in [0.29, 0.717) is 16.9 Å². The van der Waals surface area contributed by atoms with Gasteiger partial charge in [0.05, 0.1) is 5.69 Å². The van der Waals surface area contributed by atoms with Crippen molar-refractivity contribution in [2.45, 2.75) is 19.4 Å². The van der Waals surface area contributed by atoms with Crippen LogP contribution in [0.1, 0.15) is 22.3 Å². The minimum absolute atomic E-state index is 0.123. The number of carbonyl (C=O) groups excluding carboxylic acids is 2. The molecule has 2 amide bonds. The molecule has 1 aliphatic heterocycles. The van der Waals surface area contributed by atoms with Crippen LogP contribution in [-0.4, -0.2) is 23.5 Å². The van der Waals surface area contributed by atoms with Crippen LogP contribution in [0.2, 0.25) is 0 Å². The molecule has 5 nitrogen and oxygen atoms in total. The number of carbonyl (C=O) groups is 2. The predicted molar refractivity (Wildman–Crippen MR) is 113 cm³/mol. The van der Waals surface area contributed by atoms with Crippen molar-refractivity contribution in [1.29, 1.82) is 0 Å². The second kappa shape index (κ2) is 7.39. The van der Waals surface area contributed by atoms with Crippen LogP contribution in [0.4, 0.5) is 15.8 Å². The third-order valence-corrected chi connectivity index (χ3v) is 5.43.